The molecule has 7 heteroatoms. The highest BCUT2D eigenvalue weighted by Gasteiger charge is 2.20. The van der Waals surface area contributed by atoms with Gasteiger partial charge in [0, 0.05) is 47.9 Å². The summed E-state index contributed by atoms with van der Waals surface area (Å²) in [6.45, 7) is 3.61. The van der Waals surface area contributed by atoms with Crippen LogP contribution in [-0.2, 0) is 17.7 Å². The number of morpholine rings is 1. The highest BCUT2D eigenvalue weighted by molar-refractivity contribution is 6.30. The van der Waals surface area contributed by atoms with E-state index < -0.39 is 0 Å². The average molecular weight is 450 g/mol. The lowest BCUT2D eigenvalue weighted by molar-refractivity contribution is 0.122. The molecule has 0 atom stereocenters. The summed E-state index contributed by atoms with van der Waals surface area (Å²) in [7, 11) is 1.60. The van der Waals surface area contributed by atoms with Gasteiger partial charge in [0.05, 0.1) is 44.4 Å². The molecule has 1 fully saturated rings. The Morgan fingerprint density at radius 1 is 1.16 bits per heavy atom. The summed E-state index contributed by atoms with van der Waals surface area (Å²) in [5.74, 6) is 0.669. The highest BCUT2D eigenvalue weighted by atomic mass is 35.5. The predicted molar refractivity (Wildman–Crippen MR) is 126 cm³/mol. The molecule has 1 saturated heterocycles. The van der Waals surface area contributed by atoms with Gasteiger partial charge in [0.15, 0.2) is 0 Å². The van der Waals surface area contributed by atoms with Crippen molar-refractivity contribution >= 4 is 22.9 Å². The van der Waals surface area contributed by atoms with E-state index in [4.69, 9.17) is 21.1 Å². The van der Waals surface area contributed by atoms with Gasteiger partial charge >= 0.3 is 0 Å². The fourth-order valence-corrected chi connectivity index (χ4v) is 4.46. The minimum Gasteiger partial charge on any atom is -0.496 e. The number of methoxy groups -OCH3 is 1. The van der Waals surface area contributed by atoms with Crippen molar-refractivity contribution in [2.24, 2.45) is 0 Å². The van der Waals surface area contributed by atoms with Crippen LogP contribution in [0.3, 0.4) is 0 Å². The van der Waals surface area contributed by atoms with E-state index in [-0.39, 0.29) is 5.56 Å². The smallest absolute Gasteiger partial charge is 0.251 e. The number of ether oxygens (including phenoxy) is 2. The molecule has 0 saturated carbocycles. The van der Waals surface area contributed by atoms with Gasteiger partial charge in [0.2, 0.25) is 0 Å². The molecule has 0 amide bonds. The molecule has 3 aromatic rings. The van der Waals surface area contributed by atoms with Gasteiger partial charge in [-0.3, -0.25) is 9.78 Å². The maximum Gasteiger partial charge on any atom is 0.251 e. The molecule has 2 aliphatic rings. The molecule has 0 unspecified atom stereocenters. The fourth-order valence-electron chi connectivity index (χ4n) is 4.29. The monoisotopic (exact) mass is 449 g/mol. The first-order valence-corrected chi connectivity index (χ1v) is 11.1. The second-order valence-corrected chi connectivity index (χ2v) is 8.38. The van der Waals surface area contributed by atoms with Gasteiger partial charge < -0.3 is 18.9 Å². The van der Waals surface area contributed by atoms with Crippen LogP contribution in [0.1, 0.15) is 22.4 Å². The van der Waals surface area contributed by atoms with Crippen molar-refractivity contribution < 1.29 is 9.47 Å². The Kier molecular flexibility index (Phi) is 5.72. The molecule has 0 N–H and O–H groups in total. The third-order valence-electron chi connectivity index (χ3n) is 6.02. The number of aromatic nitrogens is 2. The van der Waals surface area contributed by atoms with Crippen LogP contribution in [-0.4, -0.2) is 43.0 Å². The van der Waals surface area contributed by atoms with Gasteiger partial charge in [0.25, 0.3) is 5.56 Å². The van der Waals surface area contributed by atoms with Gasteiger partial charge in [-0.15, -0.1) is 0 Å². The Balaban J connectivity index is 1.42. The number of hydrogen-bond acceptors (Lipinski definition) is 5. The van der Waals surface area contributed by atoms with Crippen molar-refractivity contribution in [1.82, 2.24) is 9.55 Å². The molecule has 3 heterocycles. The summed E-state index contributed by atoms with van der Waals surface area (Å²) in [6.07, 6.45) is 6.71. The molecule has 164 valence electrons. The summed E-state index contributed by atoms with van der Waals surface area (Å²) in [5, 5.41) is 0.602. The molecule has 0 spiro atoms. The van der Waals surface area contributed by atoms with Crippen LogP contribution in [0.15, 0.2) is 59.7 Å². The average Bonchev–Trinajstić information content (AvgIpc) is 3.25. The first kappa shape index (κ1) is 20.8. The van der Waals surface area contributed by atoms with Crippen molar-refractivity contribution in [3.05, 3.63) is 92.6 Å². The molecule has 1 aliphatic carbocycles. The molecule has 5 rings (SSSR count). The molecular weight excluding hydrogens is 426 g/mol. The van der Waals surface area contributed by atoms with Gasteiger partial charge in [-0.1, -0.05) is 23.7 Å². The summed E-state index contributed by atoms with van der Waals surface area (Å²) >= 11 is 6.06. The van der Waals surface area contributed by atoms with E-state index in [1.807, 2.05) is 24.5 Å². The number of hydrogen-bond donors (Lipinski definition) is 0. The number of allylic oxidation sites excluding steroid dienone is 1. The summed E-state index contributed by atoms with van der Waals surface area (Å²) < 4.78 is 12.6. The molecular formula is C25H24ClN3O3. The van der Waals surface area contributed by atoms with E-state index in [0.29, 0.717) is 17.3 Å². The zero-order valence-electron chi connectivity index (χ0n) is 17.9. The summed E-state index contributed by atoms with van der Waals surface area (Å²) in [5.41, 5.74) is 6.06. The molecule has 0 bridgehead atoms. The lowest BCUT2D eigenvalue weighted by atomic mass is 10.0. The Morgan fingerprint density at radius 2 is 2.00 bits per heavy atom. The summed E-state index contributed by atoms with van der Waals surface area (Å²) in [6, 6.07) is 11.3. The standard InChI is InChI=1S/C25H24ClN3O3/c1-31-24-13-19(26)3-2-18(24)16-29-7-6-17(12-25(29)30)21-4-5-23-22(21)14-20(15-27-23)28-8-10-32-11-9-28/h2-4,6-7,12-15H,5,8-11,16H2,1H3. The largest absolute Gasteiger partial charge is 0.496 e. The number of benzene rings is 1. The second-order valence-electron chi connectivity index (χ2n) is 7.95. The van der Waals surface area contributed by atoms with Crippen molar-refractivity contribution in [1.29, 1.82) is 0 Å². The Hall–Kier alpha value is -3.09. The van der Waals surface area contributed by atoms with Crippen LogP contribution in [0, 0.1) is 0 Å². The van der Waals surface area contributed by atoms with Crippen LogP contribution in [0.5, 0.6) is 5.75 Å². The van der Waals surface area contributed by atoms with Crippen molar-refractivity contribution in [2.75, 3.05) is 38.3 Å². The molecule has 0 radical (unpaired) electrons. The Morgan fingerprint density at radius 3 is 2.78 bits per heavy atom. The summed E-state index contributed by atoms with van der Waals surface area (Å²) in [4.78, 5) is 19.9. The highest BCUT2D eigenvalue weighted by Crippen LogP contribution is 2.34. The molecule has 32 heavy (non-hydrogen) atoms. The van der Waals surface area contributed by atoms with E-state index in [1.54, 1.807) is 29.9 Å². The SMILES string of the molecule is COc1cc(Cl)ccc1Cn1ccc(C2=CCc3ncc(N4CCOCC4)cc32)cc1=O. The van der Waals surface area contributed by atoms with E-state index in [0.717, 1.165) is 66.4 Å². The van der Waals surface area contributed by atoms with Crippen LogP contribution in [0.25, 0.3) is 5.57 Å². The van der Waals surface area contributed by atoms with Gasteiger partial charge in [-0.2, -0.15) is 0 Å². The van der Waals surface area contributed by atoms with Gasteiger partial charge in [0.1, 0.15) is 5.75 Å². The zero-order valence-corrected chi connectivity index (χ0v) is 18.6. The molecule has 2 aromatic heterocycles. The van der Waals surface area contributed by atoms with E-state index >= 15 is 0 Å². The maximum absolute atomic E-state index is 12.9. The zero-order chi connectivity index (χ0) is 22.1. The second kappa shape index (κ2) is 8.81. The number of halogens is 1. The maximum atomic E-state index is 12.9. The van der Waals surface area contributed by atoms with E-state index in [1.165, 1.54) is 0 Å². The Bertz CT molecular complexity index is 1250. The minimum absolute atomic E-state index is 0.0638. The van der Waals surface area contributed by atoms with Crippen LogP contribution < -0.4 is 15.2 Å². The van der Waals surface area contributed by atoms with Gasteiger partial charge in [-0.05, 0) is 35.4 Å². The first-order valence-electron chi connectivity index (χ1n) is 10.7. The fraction of sp³-hybridized carbons (Fsp3) is 0.280. The molecule has 1 aromatic carbocycles. The van der Waals surface area contributed by atoms with Crippen LogP contribution in [0.4, 0.5) is 5.69 Å². The number of nitrogens with zero attached hydrogens (tertiary/aromatic N) is 3. The van der Waals surface area contributed by atoms with Crippen molar-refractivity contribution in [3.8, 4) is 5.75 Å². The van der Waals surface area contributed by atoms with E-state index in [2.05, 4.69) is 22.0 Å². The first-order chi connectivity index (χ1) is 15.6. The Labute approximate surface area is 191 Å². The molecule has 6 nitrogen and oxygen atoms in total. The number of fused-ring (bicyclic) bond motifs is 1. The third kappa shape index (κ3) is 4.04. The number of rotatable bonds is 5. The molecule has 1 aliphatic heterocycles. The van der Waals surface area contributed by atoms with Crippen LogP contribution >= 0.6 is 11.6 Å². The van der Waals surface area contributed by atoms with Crippen LogP contribution in [0.2, 0.25) is 5.02 Å². The topological polar surface area (TPSA) is 56.6 Å². The number of pyridine rings is 2. The lowest BCUT2D eigenvalue weighted by Gasteiger charge is -2.29. The van der Waals surface area contributed by atoms with E-state index in [9.17, 15) is 4.79 Å². The third-order valence-corrected chi connectivity index (χ3v) is 6.25. The van der Waals surface area contributed by atoms with Crippen molar-refractivity contribution in [2.45, 2.75) is 13.0 Å². The quantitative estimate of drug-likeness (QED) is 0.593. The predicted octanol–water partition coefficient (Wildman–Crippen LogP) is 3.78. The minimum atomic E-state index is -0.0638. The normalized spacial score (nSPS) is 15.4. The van der Waals surface area contributed by atoms with Gasteiger partial charge in [-0.25, -0.2) is 0 Å². The number of anilines is 1. The lowest BCUT2D eigenvalue weighted by Crippen LogP contribution is -2.36. The van der Waals surface area contributed by atoms with Crippen molar-refractivity contribution in [3.63, 3.8) is 0 Å².